The van der Waals surface area contributed by atoms with E-state index in [1.807, 2.05) is 0 Å². The van der Waals surface area contributed by atoms with Gasteiger partial charge in [-0.3, -0.25) is 0 Å². The Morgan fingerprint density at radius 2 is 0.622 bits per heavy atom. The molecule has 1 atom stereocenters. The van der Waals surface area contributed by atoms with Crippen LogP contribution in [0.4, 0.5) is 0 Å². The molecule has 0 saturated heterocycles. The third kappa shape index (κ3) is 33.9. The zero-order valence-electron chi connectivity index (χ0n) is 26.5. The Labute approximate surface area is 236 Å². The normalized spacial score (nSPS) is 12.4. The molecule has 0 aliphatic carbocycles. The number of hydrogen-bond donors (Lipinski definition) is 2. The third-order valence-corrected chi connectivity index (χ3v) is 8.18. The van der Waals surface area contributed by atoms with Gasteiger partial charge in [0.05, 0.1) is 0 Å². The lowest BCUT2D eigenvalue weighted by atomic mass is 10.0. The smallest absolute Gasteiger partial charge is 0.0164 e. The zero-order chi connectivity index (χ0) is 26.9. The van der Waals surface area contributed by atoms with Crippen molar-refractivity contribution in [2.45, 2.75) is 207 Å². The summed E-state index contributed by atoms with van der Waals surface area (Å²) in [7, 11) is 0. The molecule has 0 bridgehead atoms. The Hall–Kier alpha value is -0.0800. The molecule has 0 aliphatic rings. The first-order chi connectivity index (χ1) is 18.3. The second-order valence-corrected chi connectivity index (χ2v) is 12.3. The highest BCUT2D eigenvalue weighted by atomic mass is 15.0. The largest absolute Gasteiger partial charge is 0.315 e. The highest BCUT2D eigenvalue weighted by Crippen LogP contribution is 2.14. The van der Waals surface area contributed by atoms with E-state index in [2.05, 4.69) is 31.4 Å². The standard InChI is InChI=1S/C35H74N2/c1-4-6-8-10-12-14-16-18-20-22-24-26-28-30-32-36-34-35(3)37-33-31-29-27-25-23-21-19-17-15-13-11-9-7-5-2/h35-37H,4-34H2,1-3H3. The second kappa shape index (κ2) is 33.9. The minimum absolute atomic E-state index is 0.605. The van der Waals surface area contributed by atoms with Crippen LogP contribution in [0, 0.1) is 0 Å². The average molecular weight is 523 g/mol. The number of hydrogen-bond acceptors (Lipinski definition) is 2. The van der Waals surface area contributed by atoms with Gasteiger partial charge in [0.1, 0.15) is 0 Å². The van der Waals surface area contributed by atoms with Crippen LogP contribution in [0.2, 0.25) is 0 Å². The van der Waals surface area contributed by atoms with Gasteiger partial charge in [-0.15, -0.1) is 0 Å². The van der Waals surface area contributed by atoms with Crippen LogP contribution in [0.15, 0.2) is 0 Å². The van der Waals surface area contributed by atoms with Gasteiger partial charge >= 0.3 is 0 Å². The van der Waals surface area contributed by atoms with Crippen molar-refractivity contribution in [3.8, 4) is 0 Å². The quantitative estimate of drug-likeness (QED) is 0.0837. The molecule has 0 aromatic rings. The Kier molecular flexibility index (Phi) is 33.9. The van der Waals surface area contributed by atoms with E-state index in [1.54, 1.807) is 0 Å². The summed E-state index contributed by atoms with van der Waals surface area (Å²) in [5.74, 6) is 0. The monoisotopic (exact) mass is 523 g/mol. The van der Waals surface area contributed by atoms with Gasteiger partial charge in [-0.2, -0.15) is 0 Å². The SMILES string of the molecule is CCCCCCCCCCCCCCCCNCC(C)NCCCCCCCCCCCCCCCC. The summed E-state index contributed by atoms with van der Waals surface area (Å²) in [5, 5.41) is 7.38. The lowest BCUT2D eigenvalue weighted by Gasteiger charge is -2.14. The average Bonchev–Trinajstić information content (AvgIpc) is 2.90. The van der Waals surface area contributed by atoms with Crippen molar-refractivity contribution in [2.24, 2.45) is 0 Å². The zero-order valence-corrected chi connectivity index (χ0v) is 26.5. The highest BCUT2D eigenvalue weighted by molar-refractivity contribution is 4.64. The van der Waals surface area contributed by atoms with Gasteiger partial charge in [0.2, 0.25) is 0 Å². The van der Waals surface area contributed by atoms with Crippen LogP contribution in [-0.4, -0.2) is 25.7 Å². The molecule has 0 rings (SSSR count). The molecule has 224 valence electrons. The molecular formula is C35H74N2. The maximum atomic E-state index is 3.72. The Bertz CT molecular complexity index is 383. The molecule has 0 aromatic carbocycles. The van der Waals surface area contributed by atoms with E-state index in [1.165, 1.54) is 193 Å². The van der Waals surface area contributed by atoms with Crippen molar-refractivity contribution in [2.75, 3.05) is 19.6 Å². The predicted molar refractivity (Wildman–Crippen MR) is 171 cm³/mol. The molecule has 0 heterocycles. The minimum atomic E-state index is 0.605. The van der Waals surface area contributed by atoms with Crippen LogP contribution < -0.4 is 10.6 Å². The topological polar surface area (TPSA) is 24.1 Å². The first kappa shape index (κ1) is 36.9. The second-order valence-electron chi connectivity index (χ2n) is 12.3. The summed E-state index contributed by atoms with van der Waals surface area (Å²) in [6.07, 6.45) is 40.4. The number of unbranched alkanes of at least 4 members (excludes halogenated alkanes) is 26. The van der Waals surface area contributed by atoms with E-state index in [4.69, 9.17) is 0 Å². The Morgan fingerprint density at radius 1 is 0.351 bits per heavy atom. The lowest BCUT2D eigenvalue weighted by Crippen LogP contribution is -2.37. The first-order valence-corrected chi connectivity index (χ1v) is 17.7. The fourth-order valence-corrected chi connectivity index (χ4v) is 5.50. The molecule has 0 aliphatic heterocycles. The molecule has 0 radical (unpaired) electrons. The molecular weight excluding hydrogens is 448 g/mol. The van der Waals surface area contributed by atoms with Crippen LogP contribution in [0.25, 0.3) is 0 Å². The van der Waals surface area contributed by atoms with Gasteiger partial charge in [0.25, 0.3) is 0 Å². The van der Waals surface area contributed by atoms with Crippen LogP contribution >= 0.6 is 0 Å². The fraction of sp³-hybridized carbons (Fsp3) is 1.00. The maximum Gasteiger partial charge on any atom is 0.0164 e. The summed E-state index contributed by atoms with van der Waals surface area (Å²) in [4.78, 5) is 0. The minimum Gasteiger partial charge on any atom is -0.315 e. The van der Waals surface area contributed by atoms with E-state index in [0.29, 0.717) is 6.04 Å². The predicted octanol–water partition coefficient (Wildman–Crippen LogP) is 11.5. The van der Waals surface area contributed by atoms with Crippen molar-refractivity contribution in [1.82, 2.24) is 10.6 Å². The van der Waals surface area contributed by atoms with Gasteiger partial charge in [-0.25, -0.2) is 0 Å². The Balaban J connectivity index is 3.13. The van der Waals surface area contributed by atoms with E-state index >= 15 is 0 Å². The van der Waals surface area contributed by atoms with Crippen LogP contribution in [0.1, 0.15) is 201 Å². The third-order valence-electron chi connectivity index (χ3n) is 8.18. The molecule has 0 spiro atoms. The number of nitrogens with one attached hydrogen (secondary N) is 2. The molecule has 0 amide bonds. The van der Waals surface area contributed by atoms with Crippen molar-refractivity contribution >= 4 is 0 Å². The van der Waals surface area contributed by atoms with Gasteiger partial charge < -0.3 is 10.6 Å². The summed E-state index contributed by atoms with van der Waals surface area (Å²) < 4.78 is 0. The van der Waals surface area contributed by atoms with Gasteiger partial charge in [-0.05, 0) is 32.9 Å². The maximum absolute atomic E-state index is 3.72. The Morgan fingerprint density at radius 3 is 0.946 bits per heavy atom. The highest BCUT2D eigenvalue weighted by Gasteiger charge is 2.00. The molecule has 37 heavy (non-hydrogen) atoms. The molecule has 0 fully saturated rings. The van der Waals surface area contributed by atoms with Crippen molar-refractivity contribution in [3.63, 3.8) is 0 Å². The van der Waals surface area contributed by atoms with Crippen LogP contribution in [0.3, 0.4) is 0 Å². The molecule has 2 N–H and O–H groups in total. The van der Waals surface area contributed by atoms with Crippen molar-refractivity contribution in [3.05, 3.63) is 0 Å². The number of rotatable bonds is 33. The van der Waals surface area contributed by atoms with Gasteiger partial charge in [0, 0.05) is 12.6 Å². The van der Waals surface area contributed by atoms with Crippen molar-refractivity contribution < 1.29 is 0 Å². The summed E-state index contributed by atoms with van der Waals surface area (Å²) in [6.45, 7) is 10.5. The van der Waals surface area contributed by atoms with Crippen molar-refractivity contribution in [1.29, 1.82) is 0 Å². The van der Waals surface area contributed by atoms with E-state index in [9.17, 15) is 0 Å². The molecule has 2 heteroatoms. The van der Waals surface area contributed by atoms with Crippen LogP contribution in [0.5, 0.6) is 0 Å². The van der Waals surface area contributed by atoms with Crippen LogP contribution in [-0.2, 0) is 0 Å². The first-order valence-electron chi connectivity index (χ1n) is 17.7. The molecule has 0 aromatic heterocycles. The summed E-state index contributed by atoms with van der Waals surface area (Å²) in [6, 6.07) is 0.605. The van der Waals surface area contributed by atoms with E-state index in [0.717, 1.165) is 6.54 Å². The van der Waals surface area contributed by atoms with Gasteiger partial charge in [-0.1, -0.05) is 181 Å². The van der Waals surface area contributed by atoms with E-state index in [-0.39, 0.29) is 0 Å². The summed E-state index contributed by atoms with van der Waals surface area (Å²) >= 11 is 0. The lowest BCUT2D eigenvalue weighted by molar-refractivity contribution is 0.473. The molecule has 2 nitrogen and oxygen atoms in total. The molecule has 1 unspecified atom stereocenters. The van der Waals surface area contributed by atoms with E-state index < -0.39 is 0 Å². The molecule has 0 saturated carbocycles. The van der Waals surface area contributed by atoms with Gasteiger partial charge in [0.15, 0.2) is 0 Å². The summed E-state index contributed by atoms with van der Waals surface area (Å²) in [5.41, 5.74) is 0. The fourth-order valence-electron chi connectivity index (χ4n) is 5.50.